The van der Waals surface area contributed by atoms with Gasteiger partial charge in [0.1, 0.15) is 0 Å². The van der Waals surface area contributed by atoms with Crippen molar-refractivity contribution in [3.8, 4) is 5.88 Å². The van der Waals surface area contributed by atoms with Gasteiger partial charge in [-0.2, -0.15) is 4.98 Å². The molecule has 1 amide bonds. The number of nitrogens with one attached hydrogen (secondary N) is 1. The second-order valence-corrected chi connectivity index (χ2v) is 7.99. The van der Waals surface area contributed by atoms with Crippen molar-refractivity contribution >= 4 is 11.9 Å². The number of pyridine rings is 1. The molecule has 4 heterocycles. The minimum Gasteiger partial charge on any atom is -0.481 e. The van der Waals surface area contributed by atoms with E-state index in [0.717, 1.165) is 63.5 Å². The van der Waals surface area contributed by atoms with Gasteiger partial charge in [-0.15, -0.1) is 0 Å². The summed E-state index contributed by atoms with van der Waals surface area (Å²) in [5.41, 5.74) is 0.894. The zero-order valence-electron chi connectivity index (χ0n) is 17.5. The molecule has 1 N–H and O–H groups in total. The van der Waals surface area contributed by atoms with E-state index in [1.807, 2.05) is 18.2 Å². The van der Waals surface area contributed by atoms with Gasteiger partial charge in [0, 0.05) is 44.1 Å². The molecule has 2 fully saturated rings. The first-order valence-electron chi connectivity index (χ1n) is 10.8. The molecule has 2 saturated heterocycles. The Balaban J connectivity index is 1.27. The highest BCUT2D eigenvalue weighted by Gasteiger charge is 2.32. The summed E-state index contributed by atoms with van der Waals surface area (Å²) < 4.78 is 5.22. The maximum absolute atomic E-state index is 12.7. The number of likely N-dealkylation sites (tertiary alicyclic amines) is 1. The summed E-state index contributed by atoms with van der Waals surface area (Å²) in [6.45, 7) is 4.25. The summed E-state index contributed by atoms with van der Waals surface area (Å²) in [5.74, 6) is 1.53. The summed E-state index contributed by atoms with van der Waals surface area (Å²) >= 11 is 0. The molecule has 0 saturated carbocycles. The second-order valence-electron chi connectivity index (χ2n) is 7.99. The largest absolute Gasteiger partial charge is 0.481 e. The Morgan fingerprint density at radius 2 is 2.00 bits per heavy atom. The molecule has 0 radical (unpaired) electrons. The highest BCUT2D eigenvalue weighted by molar-refractivity contribution is 5.78. The van der Waals surface area contributed by atoms with E-state index < -0.39 is 0 Å². The zero-order valence-corrected chi connectivity index (χ0v) is 17.5. The number of amides is 1. The molecule has 30 heavy (non-hydrogen) atoms. The van der Waals surface area contributed by atoms with Gasteiger partial charge in [-0.1, -0.05) is 6.07 Å². The van der Waals surface area contributed by atoms with E-state index in [4.69, 9.17) is 4.74 Å². The van der Waals surface area contributed by atoms with Gasteiger partial charge in [0.05, 0.1) is 25.3 Å². The molecule has 0 aliphatic carbocycles. The van der Waals surface area contributed by atoms with Gasteiger partial charge in [-0.25, -0.2) is 4.98 Å². The van der Waals surface area contributed by atoms with E-state index in [1.165, 1.54) is 0 Å². The lowest BCUT2D eigenvalue weighted by Gasteiger charge is -2.42. The number of methoxy groups -OCH3 is 1. The molecule has 1 atom stereocenters. The normalized spacial score (nSPS) is 20.7. The van der Waals surface area contributed by atoms with E-state index in [2.05, 4.69) is 30.1 Å². The Morgan fingerprint density at radius 3 is 2.77 bits per heavy atom. The van der Waals surface area contributed by atoms with Crippen LogP contribution in [-0.2, 0) is 11.3 Å². The lowest BCUT2D eigenvalue weighted by Crippen LogP contribution is -2.51. The Morgan fingerprint density at radius 1 is 1.13 bits per heavy atom. The fourth-order valence-electron chi connectivity index (χ4n) is 4.41. The average molecular weight is 411 g/mol. The van der Waals surface area contributed by atoms with Crippen molar-refractivity contribution in [2.24, 2.45) is 5.92 Å². The number of aromatic nitrogens is 3. The topological polar surface area (TPSA) is 83.5 Å². The van der Waals surface area contributed by atoms with E-state index in [-0.39, 0.29) is 11.8 Å². The van der Waals surface area contributed by atoms with Gasteiger partial charge in [-0.05, 0) is 44.4 Å². The van der Waals surface area contributed by atoms with Crippen LogP contribution in [0.3, 0.4) is 0 Å². The van der Waals surface area contributed by atoms with Crippen LogP contribution in [0.1, 0.15) is 31.4 Å². The lowest BCUT2D eigenvalue weighted by atomic mass is 9.93. The number of carbonyl (C=O) groups excluding carboxylic acids is 1. The van der Waals surface area contributed by atoms with Crippen molar-refractivity contribution < 1.29 is 9.53 Å². The Bertz CT molecular complexity index is 825. The summed E-state index contributed by atoms with van der Waals surface area (Å²) in [4.78, 5) is 30.6. The third-order valence-electron chi connectivity index (χ3n) is 6.08. The van der Waals surface area contributed by atoms with E-state index in [0.29, 0.717) is 18.5 Å². The van der Waals surface area contributed by atoms with Crippen molar-refractivity contribution in [3.63, 3.8) is 0 Å². The number of piperidine rings is 2. The Kier molecular flexibility index (Phi) is 6.74. The van der Waals surface area contributed by atoms with Crippen LogP contribution < -0.4 is 15.0 Å². The molecule has 2 aromatic rings. The quantitative estimate of drug-likeness (QED) is 0.778. The number of hydrogen-bond acceptors (Lipinski definition) is 7. The van der Waals surface area contributed by atoms with Gasteiger partial charge in [0.15, 0.2) is 0 Å². The van der Waals surface area contributed by atoms with Crippen molar-refractivity contribution in [1.29, 1.82) is 0 Å². The molecule has 8 heteroatoms. The van der Waals surface area contributed by atoms with Crippen LogP contribution in [0.15, 0.2) is 36.7 Å². The van der Waals surface area contributed by atoms with Gasteiger partial charge >= 0.3 is 0 Å². The number of hydrogen-bond donors (Lipinski definition) is 1. The molecule has 0 spiro atoms. The first kappa shape index (κ1) is 20.5. The molecule has 160 valence electrons. The minimum atomic E-state index is 0.0576. The van der Waals surface area contributed by atoms with Crippen LogP contribution in [-0.4, -0.2) is 65.1 Å². The van der Waals surface area contributed by atoms with Gasteiger partial charge in [0.25, 0.3) is 0 Å². The molecule has 2 aromatic heterocycles. The fourth-order valence-corrected chi connectivity index (χ4v) is 4.41. The monoisotopic (exact) mass is 410 g/mol. The van der Waals surface area contributed by atoms with Crippen molar-refractivity contribution in [3.05, 3.63) is 42.4 Å². The zero-order chi connectivity index (χ0) is 20.8. The van der Waals surface area contributed by atoms with Crippen LogP contribution in [0.25, 0.3) is 0 Å². The molecular weight excluding hydrogens is 380 g/mol. The minimum absolute atomic E-state index is 0.0576. The number of carbonyl (C=O) groups is 1. The summed E-state index contributed by atoms with van der Waals surface area (Å²) in [7, 11) is 1.62. The Hall–Kier alpha value is -2.74. The number of anilines is 1. The summed E-state index contributed by atoms with van der Waals surface area (Å²) in [5, 5.41) is 3.07. The van der Waals surface area contributed by atoms with Gasteiger partial charge in [-0.3, -0.25) is 14.7 Å². The number of ether oxygens (including phenoxy) is 1. The van der Waals surface area contributed by atoms with E-state index in [1.54, 1.807) is 25.6 Å². The summed E-state index contributed by atoms with van der Waals surface area (Å²) in [6.07, 6.45) is 7.65. The van der Waals surface area contributed by atoms with Crippen molar-refractivity contribution in [1.82, 2.24) is 25.2 Å². The summed E-state index contributed by atoms with van der Waals surface area (Å²) in [6, 6.07) is 8.05. The maximum atomic E-state index is 12.7. The van der Waals surface area contributed by atoms with Crippen molar-refractivity contribution in [2.45, 2.75) is 38.3 Å². The highest BCUT2D eigenvalue weighted by atomic mass is 16.5. The first-order chi connectivity index (χ1) is 14.7. The third kappa shape index (κ3) is 5.05. The fraction of sp³-hybridized carbons (Fsp3) is 0.545. The predicted molar refractivity (Wildman–Crippen MR) is 114 cm³/mol. The second kappa shape index (κ2) is 9.84. The molecule has 8 nitrogen and oxygen atoms in total. The van der Waals surface area contributed by atoms with Crippen LogP contribution in [0, 0.1) is 5.92 Å². The molecule has 2 aliphatic rings. The molecular formula is C22H30N6O2. The van der Waals surface area contributed by atoms with Crippen molar-refractivity contribution in [2.75, 3.05) is 38.2 Å². The average Bonchev–Trinajstić information content (AvgIpc) is 2.83. The van der Waals surface area contributed by atoms with Crippen LogP contribution >= 0.6 is 0 Å². The smallest absolute Gasteiger partial charge is 0.228 e. The molecule has 4 rings (SSSR count). The SMILES string of the molecule is COc1ccnc(N2CCC(N3CCC[C@H](C(=O)NCc4ccccn4)C3)CC2)n1. The maximum Gasteiger partial charge on any atom is 0.228 e. The van der Waals surface area contributed by atoms with Crippen LogP contribution in [0.2, 0.25) is 0 Å². The molecule has 0 unspecified atom stereocenters. The Labute approximate surface area is 177 Å². The highest BCUT2D eigenvalue weighted by Crippen LogP contribution is 2.25. The van der Waals surface area contributed by atoms with Crippen LogP contribution in [0.4, 0.5) is 5.95 Å². The molecule has 2 aliphatic heterocycles. The first-order valence-corrected chi connectivity index (χ1v) is 10.8. The predicted octanol–water partition coefficient (Wildman–Crippen LogP) is 1.88. The van der Waals surface area contributed by atoms with Gasteiger partial charge < -0.3 is 15.0 Å². The van der Waals surface area contributed by atoms with Crippen LogP contribution in [0.5, 0.6) is 5.88 Å². The van der Waals surface area contributed by atoms with Gasteiger partial charge in [0.2, 0.25) is 17.7 Å². The molecule has 0 bridgehead atoms. The standard InChI is InChI=1S/C22H30N6O2/c1-30-20-7-11-24-22(26-20)27-13-8-19(9-14-27)28-12-4-5-17(16-28)21(29)25-15-18-6-2-3-10-23-18/h2-3,6-7,10-11,17,19H,4-5,8-9,12-16H2,1H3,(H,25,29)/t17-/m0/s1. The molecule has 0 aromatic carbocycles. The number of rotatable bonds is 6. The lowest BCUT2D eigenvalue weighted by molar-refractivity contribution is -0.127. The van der Waals surface area contributed by atoms with E-state index >= 15 is 0 Å². The number of nitrogens with zero attached hydrogens (tertiary/aromatic N) is 5. The third-order valence-corrected chi connectivity index (χ3v) is 6.08. The van der Waals surface area contributed by atoms with E-state index in [9.17, 15) is 4.79 Å².